The average Bonchev–Trinajstić information content (AvgIpc) is 2.67. The molecule has 0 spiro atoms. The van der Waals surface area contributed by atoms with Crippen LogP contribution in [0.5, 0.6) is 0 Å². The second-order valence-corrected chi connectivity index (χ2v) is 8.39. The van der Waals surface area contributed by atoms with Crippen molar-refractivity contribution in [3.8, 4) is 0 Å². The maximum Gasteiger partial charge on any atom is 0.251 e. The van der Waals surface area contributed by atoms with E-state index >= 15 is 0 Å². The third-order valence-electron chi connectivity index (χ3n) is 3.92. The molecule has 0 fully saturated rings. The molecular formula is C19H22ClN3O4S. The molecule has 0 saturated heterocycles. The van der Waals surface area contributed by atoms with E-state index in [1.54, 1.807) is 26.2 Å². The fraction of sp³-hybridized carbons (Fsp3) is 0.263. The van der Waals surface area contributed by atoms with Gasteiger partial charge in [-0.2, -0.15) is 0 Å². The highest BCUT2D eigenvalue weighted by Crippen LogP contribution is 2.23. The number of sulfonamides is 1. The molecule has 0 aromatic heterocycles. The number of carbonyl (C=O) groups is 2. The highest BCUT2D eigenvalue weighted by Gasteiger charge is 2.20. The molecule has 2 aromatic carbocycles. The number of hydrogen-bond donors (Lipinski definition) is 2. The van der Waals surface area contributed by atoms with Crippen LogP contribution in [0.1, 0.15) is 22.3 Å². The van der Waals surface area contributed by atoms with Crippen LogP contribution in [-0.2, 0) is 21.4 Å². The molecule has 0 aliphatic heterocycles. The van der Waals surface area contributed by atoms with Crippen molar-refractivity contribution >= 4 is 33.4 Å². The van der Waals surface area contributed by atoms with Gasteiger partial charge in [0.05, 0.1) is 5.02 Å². The second kappa shape index (κ2) is 9.68. The van der Waals surface area contributed by atoms with Crippen molar-refractivity contribution in [3.05, 3.63) is 64.7 Å². The predicted molar refractivity (Wildman–Crippen MR) is 108 cm³/mol. The van der Waals surface area contributed by atoms with E-state index in [-0.39, 0.29) is 40.9 Å². The van der Waals surface area contributed by atoms with Crippen LogP contribution in [0.3, 0.4) is 0 Å². The largest absolute Gasteiger partial charge is 0.352 e. The van der Waals surface area contributed by atoms with Crippen LogP contribution >= 0.6 is 11.6 Å². The van der Waals surface area contributed by atoms with Crippen LogP contribution in [0.2, 0.25) is 5.02 Å². The minimum absolute atomic E-state index is 0.0138. The molecule has 0 saturated carbocycles. The quantitative estimate of drug-likeness (QED) is 0.679. The number of hydrogen-bond acceptors (Lipinski definition) is 4. The number of halogens is 1. The van der Waals surface area contributed by atoms with Gasteiger partial charge in [-0.15, -0.1) is 0 Å². The summed E-state index contributed by atoms with van der Waals surface area (Å²) in [5.74, 6) is -0.604. The molecule has 0 aliphatic rings. The molecule has 0 heterocycles. The molecule has 2 amide bonds. The lowest BCUT2D eigenvalue weighted by Crippen LogP contribution is -2.30. The summed E-state index contributed by atoms with van der Waals surface area (Å²) in [6, 6.07) is 13.1. The van der Waals surface area contributed by atoms with Gasteiger partial charge in [0.2, 0.25) is 15.9 Å². The maximum atomic E-state index is 12.6. The highest BCUT2D eigenvalue weighted by atomic mass is 35.5. The molecular weight excluding hydrogens is 402 g/mol. The van der Waals surface area contributed by atoms with Crippen LogP contribution in [0.25, 0.3) is 0 Å². The van der Waals surface area contributed by atoms with Crippen LogP contribution in [0.4, 0.5) is 0 Å². The average molecular weight is 424 g/mol. The van der Waals surface area contributed by atoms with Crippen molar-refractivity contribution in [1.82, 2.24) is 14.9 Å². The van der Waals surface area contributed by atoms with E-state index in [2.05, 4.69) is 10.0 Å². The summed E-state index contributed by atoms with van der Waals surface area (Å²) >= 11 is 6.05. The van der Waals surface area contributed by atoms with Gasteiger partial charge < -0.3 is 10.2 Å². The lowest BCUT2D eigenvalue weighted by Gasteiger charge is -2.12. The fourth-order valence-corrected chi connectivity index (χ4v) is 3.85. The Kier molecular flexibility index (Phi) is 7.56. The van der Waals surface area contributed by atoms with Gasteiger partial charge in [-0.05, 0) is 23.8 Å². The van der Waals surface area contributed by atoms with E-state index < -0.39 is 15.9 Å². The molecule has 0 bridgehead atoms. The maximum absolute atomic E-state index is 12.6. The van der Waals surface area contributed by atoms with Gasteiger partial charge in [0.1, 0.15) is 4.90 Å². The SMILES string of the molecule is CN(C)C(=O)CCNC(=O)c1ccc(Cl)c(S(=O)(=O)NCc2ccccc2)c1. The molecule has 9 heteroatoms. The fourth-order valence-electron chi connectivity index (χ4n) is 2.31. The Balaban J connectivity index is 2.08. The molecule has 0 aliphatic carbocycles. The Hall–Kier alpha value is -2.42. The first-order chi connectivity index (χ1) is 13.2. The van der Waals surface area contributed by atoms with Gasteiger partial charge in [0.25, 0.3) is 5.91 Å². The summed E-state index contributed by atoms with van der Waals surface area (Å²) in [4.78, 5) is 25.1. The zero-order valence-electron chi connectivity index (χ0n) is 15.6. The van der Waals surface area contributed by atoms with Crippen LogP contribution in [0, 0.1) is 0 Å². The molecule has 0 atom stereocenters. The number of nitrogens with one attached hydrogen (secondary N) is 2. The number of rotatable bonds is 8. The van der Waals surface area contributed by atoms with Crippen molar-refractivity contribution in [2.24, 2.45) is 0 Å². The normalized spacial score (nSPS) is 11.1. The minimum atomic E-state index is -3.91. The van der Waals surface area contributed by atoms with Gasteiger partial charge in [-0.3, -0.25) is 9.59 Å². The Labute approximate surface area is 169 Å². The summed E-state index contributed by atoms with van der Waals surface area (Å²) < 4.78 is 27.7. The summed E-state index contributed by atoms with van der Waals surface area (Å²) in [6.45, 7) is 0.245. The van der Waals surface area contributed by atoms with Crippen LogP contribution < -0.4 is 10.0 Å². The lowest BCUT2D eigenvalue weighted by molar-refractivity contribution is -0.128. The summed E-state index contributed by atoms with van der Waals surface area (Å²) in [5, 5.41) is 2.61. The van der Waals surface area contributed by atoms with Gasteiger partial charge in [-0.25, -0.2) is 13.1 Å². The Bertz CT molecular complexity index is 947. The monoisotopic (exact) mass is 423 g/mol. The van der Waals surface area contributed by atoms with Gasteiger partial charge in [-0.1, -0.05) is 41.9 Å². The molecule has 28 heavy (non-hydrogen) atoms. The van der Waals surface area contributed by atoms with E-state index in [0.29, 0.717) is 0 Å². The Morgan fingerprint density at radius 3 is 2.39 bits per heavy atom. The molecule has 0 unspecified atom stereocenters. The number of nitrogens with zero attached hydrogens (tertiary/aromatic N) is 1. The molecule has 2 N–H and O–H groups in total. The standard InChI is InChI=1S/C19H22ClN3O4S/c1-23(2)18(24)10-11-21-19(25)15-8-9-16(20)17(12-15)28(26,27)22-13-14-6-4-3-5-7-14/h3-9,12,22H,10-11,13H2,1-2H3,(H,21,25). The molecule has 2 rings (SSSR count). The first-order valence-corrected chi connectivity index (χ1v) is 10.4. The van der Waals surface area contributed by atoms with Crippen molar-refractivity contribution in [2.45, 2.75) is 17.9 Å². The zero-order valence-corrected chi connectivity index (χ0v) is 17.2. The minimum Gasteiger partial charge on any atom is -0.352 e. The van der Waals surface area contributed by atoms with E-state index in [9.17, 15) is 18.0 Å². The number of amides is 2. The van der Waals surface area contributed by atoms with E-state index in [4.69, 9.17) is 11.6 Å². The molecule has 7 nitrogen and oxygen atoms in total. The molecule has 0 radical (unpaired) electrons. The lowest BCUT2D eigenvalue weighted by atomic mass is 10.2. The summed E-state index contributed by atoms with van der Waals surface area (Å²) in [5.41, 5.74) is 0.934. The van der Waals surface area contributed by atoms with E-state index in [0.717, 1.165) is 5.56 Å². The van der Waals surface area contributed by atoms with Gasteiger partial charge >= 0.3 is 0 Å². The van der Waals surface area contributed by atoms with E-state index in [1.807, 2.05) is 18.2 Å². The highest BCUT2D eigenvalue weighted by molar-refractivity contribution is 7.89. The Morgan fingerprint density at radius 1 is 1.07 bits per heavy atom. The van der Waals surface area contributed by atoms with Crippen LogP contribution in [-0.4, -0.2) is 45.8 Å². The predicted octanol–water partition coefficient (Wildman–Crippen LogP) is 2.03. The second-order valence-electron chi connectivity index (χ2n) is 6.25. The number of benzene rings is 2. The first-order valence-electron chi connectivity index (χ1n) is 8.52. The molecule has 2 aromatic rings. The van der Waals surface area contributed by atoms with Gasteiger partial charge in [0.15, 0.2) is 0 Å². The third kappa shape index (κ3) is 6.05. The smallest absolute Gasteiger partial charge is 0.251 e. The van der Waals surface area contributed by atoms with Gasteiger partial charge in [0, 0.05) is 39.2 Å². The van der Waals surface area contributed by atoms with Crippen LogP contribution in [0.15, 0.2) is 53.4 Å². The molecule has 150 valence electrons. The summed E-state index contributed by atoms with van der Waals surface area (Å²) in [7, 11) is -0.657. The van der Waals surface area contributed by atoms with E-state index in [1.165, 1.54) is 23.1 Å². The van der Waals surface area contributed by atoms with Crippen molar-refractivity contribution in [3.63, 3.8) is 0 Å². The van der Waals surface area contributed by atoms with Crippen molar-refractivity contribution in [2.75, 3.05) is 20.6 Å². The summed E-state index contributed by atoms with van der Waals surface area (Å²) in [6.07, 6.45) is 0.149. The first kappa shape index (κ1) is 21.9. The Morgan fingerprint density at radius 2 is 1.75 bits per heavy atom. The van der Waals surface area contributed by atoms with Crippen molar-refractivity contribution < 1.29 is 18.0 Å². The number of carbonyl (C=O) groups excluding carboxylic acids is 2. The third-order valence-corrected chi connectivity index (χ3v) is 5.80. The van der Waals surface area contributed by atoms with Crippen molar-refractivity contribution in [1.29, 1.82) is 0 Å². The topological polar surface area (TPSA) is 95.6 Å². The zero-order chi connectivity index (χ0) is 20.7.